The highest BCUT2D eigenvalue weighted by Gasteiger charge is 2.62. The van der Waals surface area contributed by atoms with E-state index in [1.54, 1.807) is 0 Å². The molecule has 3 aliphatic rings. The SMILES string of the molecule is CC1(C)CC(=O)O[C@@]23CC[C@H](O)[C@@](C)(CC[C@H]12)C3. The van der Waals surface area contributed by atoms with Crippen LogP contribution >= 0.6 is 0 Å². The zero-order valence-electron chi connectivity index (χ0n) is 11.7. The summed E-state index contributed by atoms with van der Waals surface area (Å²) in [6.45, 7) is 6.56. The monoisotopic (exact) mass is 252 g/mol. The Labute approximate surface area is 109 Å². The molecule has 2 bridgehead atoms. The Balaban J connectivity index is 1.99. The number of carbonyl (C=O) groups is 1. The Morgan fingerprint density at radius 2 is 1.94 bits per heavy atom. The Kier molecular flexibility index (Phi) is 2.42. The van der Waals surface area contributed by atoms with E-state index in [0.29, 0.717) is 12.3 Å². The van der Waals surface area contributed by atoms with Crippen LogP contribution < -0.4 is 0 Å². The predicted molar refractivity (Wildman–Crippen MR) is 67.9 cm³/mol. The molecule has 1 heterocycles. The number of hydrogen-bond acceptors (Lipinski definition) is 3. The van der Waals surface area contributed by atoms with E-state index in [-0.39, 0.29) is 28.5 Å². The highest BCUT2D eigenvalue weighted by atomic mass is 16.6. The molecular formula is C15H24O3. The van der Waals surface area contributed by atoms with E-state index in [0.717, 1.165) is 32.1 Å². The molecule has 18 heavy (non-hydrogen) atoms. The van der Waals surface area contributed by atoms with Gasteiger partial charge in [-0.3, -0.25) is 4.79 Å². The highest BCUT2D eigenvalue weighted by Crippen LogP contribution is 2.61. The molecule has 3 heteroatoms. The number of rotatable bonds is 0. The van der Waals surface area contributed by atoms with E-state index in [9.17, 15) is 9.90 Å². The number of hydrogen-bond donors (Lipinski definition) is 1. The van der Waals surface area contributed by atoms with Gasteiger partial charge in [0.25, 0.3) is 0 Å². The van der Waals surface area contributed by atoms with Gasteiger partial charge in [-0.15, -0.1) is 0 Å². The molecule has 1 spiro atoms. The molecule has 0 unspecified atom stereocenters. The first kappa shape index (κ1) is 12.5. The van der Waals surface area contributed by atoms with Crippen LogP contribution in [0.5, 0.6) is 0 Å². The fourth-order valence-corrected chi connectivity index (χ4v) is 4.93. The molecular weight excluding hydrogens is 228 g/mol. The van der Waals surface area contributed by atoms with Crippen LogP contribution in [0.2, 0.25) is 0 Å². The van der Waals surface area contributed by atoms with Crippen molar-refractivity contribution in [2.75, 3.05) is 0 Å². The lowest BCUT2D eigenvalue weighted by atomic mass is 9.50. The Morgan fingerprint density at radius 1 is 1.22 bits per heavy atom. The number of aliphatic hydroxyl groups is 1. The van der Waals surface area contributed by atoms with Gasteiger partial charge in [0, 0.05) is 5.92 Å². The number of carbonyl (C=O) groups excluding carboxylic acids is 1. The third-order valence-electron chi connectivity index (χ3n) is 5.85. The van der Waals surface area contributed by atoms with Gasteiger partial charge in [0.2, 0.25) is 0 Å². The summed E-state index contributed by atoms with van der Waals surface area (Å²) in [5.41, 5.74) is -0.299. The fourth-order valence-electron chi connectivity index (χ4n) is 4.93. The topological polar surface area (TPSA) is 46.5 Å². The molecule has 102 valence electrons. The molecule has 0 amide bonds. The lowest BCUT2D eigenvalue weighted by Crippen LogP contribution is -2.63. The van der Waals surface area contributed by atoms with Gasteiger partial charge in [0.1, 0.15) is 5.60 Å². The zero-order chi connectivity index (χ0) is 13.2. The van der Waals surface area contributed by atoms with Crippen molar-refractivity contribution in [3.63, 3.8) is 0 Å². The number of esters is 1. The van der Waals surface area contributed by atoms with Crippen LogP contribution in [0.15, 0.2) is 0 Å². The van der Waals surface area contributed by atoms with Gasteiger partial charge in [-0.05, 0) is 42.9 Å². The summed E-state index contributed by atoms with van der Waals surface area (Å²) in [4.78, 5) is 11.9. The first-order chi connectivity index (χ1) is 8.28. The molecule has 1 N–H and O–H groups in total. The summed E-state index contributed by atoms with van der Waals surface area (Å²) < 4.78 is 5.85. The summed E-state index contributed by atoms with van der Waals surface area (Å²) in [5.74, 6) is 0.417. The van der Waals surface area contributed by atoms with Crippen molar-refractivity contribution in [3.8, 4) is 0 Å². The second-order valence-corrected chi connectivity index (χ2v) is 7.68. The summed E-state index contributed by atoms with van der Waals surface area (Å²) >= 11 is 0. The lowest BCUT2D eigenvalue weighted by Gasteiger charge is -2.61. The number of ether oxygens (including phenoxy) is 1. The van der Waals surface area contributed by atoms with Crippen molar-refractivity contribution in [1.82, 2.24) is 0 Å². The summed E-state index contributed by atoms with van der Waals surface area (Å²) in [7, 11) is 0. The molecule has 2 aliphatic carbocycles. The first-order valence-corrected chi connectivity index (χ1v) is 7.17. The van der Waals surface area contributed by atoms with Gasteiger partial charge in [-0.25, -0.2) is 0 Å². The van der Waals surface area contributed by atoms with Crippen molar-refractivity contribution in [2.45, 2.75) is 71.0 Å². The van der Waals surface area contributed by atoms with Crippen molar-refractivity contribution in [2.24, 2.45) is 16.7 Å². The number of aliphatic hydroxyl groups excluding tert-OH is 1. The van der Waals surface area contributed by atoms with E-state index in [2.05, 4.69) is 20.8 Å². The van der Waals surface area contributed by atoms with Gasteiger partial charge in [-0.2, -0.15) is 0 Å². The predicted octanol–water partition coefficient (Wildman–Crippen LogP) is 2.66. The van der Waals surface area contributed by atoms with Crippen LogP contribution in [0.25, 0.3) is 0 Å². The minimum atomic E-state index is -0.287. The maximum atomic E-state index is 11.9. The van der Waals surface area contributed by atoms with Crippen LogP contribution in [0.1, 0.15) is 59.3 Å². The molecule has 4 atom stereocenters. The van der Waals surface area contributed by atoms with E-state index < -0.39 is 0 Å². The molecule has 1 aliphatic heterocycles. The molecule has 0 aromatic heterocycles. The average molecular weight is 252 g/mol. The highest BCUT2D eigenvalue weighted by molar-refractivity contribution is 5.72. The molecule has 3 fully saturated rings. The van der Waals surface area contributed by atoms with E-state index >= 15 is 0 Å². The second-order valence-electron chi connectivity index (χ2n) is 7.68. The second kappa shape index (κ2) is 3.50. The van der Waals surface area contributed by atoms with Gasteiger partial charge in [0.05, 0.1) is 12.5 Å². The molecule has 3 rings (SSSR count). The van der Waals surface area contributed by atoms with Gasteiger partial charge >= 0.3 is 5.97 Å². The van der Waals surface area contributed by atoms with E-state index in [1.807, 2.05) is 0 Å². The third-order valence-corrected chi connectivity index (χ3v) is 5.85. The maximum absolute atomic E-state index is 11.9. The van der Waals surface area contributed by atoms with Crippen LogP contribution in [-0.4, -0.2) is 22.8 Å². The lowest BCUT2D eigenvalue weighted by molar-refractivity contribution is -0.235. The zero-order valence-corrected chi connectivity index (χ0v) is 11.7. The summed E-state index contributed by atoms with van der Waals surface area (Å²) in [5, 5.41) is 10.2. The van der Waals surface area contributed by atoms with Crippen LogP contribution in [0.3, 0.4) is 0 Å². The number of fused-ring (bicyclic) bond motifs is 1. The van der Waals surface area contributed by atoms with Gasteiger partial charge < -0.3 is 9.84 Å². The van der Waals surface area contributed by atoms with Crippen LogP contribution in [0.4, 0.5) is 0 Å². The van der Waals surface area contributed by atoms with Crippen molar-refractivity contribution < 1.29 is 14.6 Å². The van der Waals surface area contributed by atoms with E-state index in [1.165, 1.54) is 0 Å². The molecule has 3 nitrogen and oxygen atoms in total. The first-order valence-electron chi connectivity index (χ1n) is 7.17. The summed E-state index contributed by atoms with van der Waals surface area (Å²) in [6, 6.07) is 0. The average Bonchev–Trinajstić information content (AvgIpc) is 2.21. The summed E-state index contributed by atoms with van der Waals surface area (Å²) in [6.07, 6.45) is 4.91. The Bertz CT molecular complexity index is 389. The largest absolute Gasteiger partial charge is 0.459 e. The van der Waals surface area contributed by atoms with Crippen molar-refractivity contribution in [3.05, 3.63) is 0 Å². The Morgan fingerprint density at radius 3 is 2.67 bits per heavy atom. The fraction of sp³-hybridized carbons (Fsp3) is 0.933. The maximum Gasteiger partial charge on any atom is 0.306 e. The van der Waals surface area contributed by atoms with E-state index in [4.69, 9.17) is 4.74 Å². The third kappa shape index (κ3) is 1.56. The molecule has 0 aromatic carbocycles. The minimum absolute atomic E-state index is 0.0406. The quantitative estimate of drug-likeness (QED) is 0.674. The van der Waals surface area contributed by atoms with Gasteiger partial charge in [0.15, 0.2) is 0 Å². The Hall–Kier alpha value is -0.570. The minimum Gasteiger partial charge on any atom is -0.459 e. The smallest absolute Gasteiger partial charge is 0.306 e. The standard InChI is InChI=1S/C15H24O3/c1-13(2)8-12(17)18-15-7-5-11(16)14(3,9-15)6-4-10(13)15/h10-11,16H,4-9H2,1-3H3/t10-,11+,14+,15-/m1/s1. The molecule has 0 aromatic rings. The normalized spacial score (nSPS) is 50.3. The van der Waals surface area contributed by atoms with Crippen LogP contribution in [0, 0.1) is 16.7 Å². The van der Waals surface area contributed by atoms with Crippen molar-refractivity contribution >= 4 is 5.97 Å². The molecule has 1 saturated heterocycles. The van der Waals surface area contributed by atoms with Crippen LogP contribution in [-0.2, 0) is 9.53 Å². The van der Waals surface area contributed by atoms with Crippen molar-refractivity contribution in [1.29, 1.82) is 0 Å². The van der Waals surface area contributed by atoms with Gasteiger partial charge in [-0.1, -0.05) is 20.8 Å². The molecule has 2 saturated carbocycles. The molecule has 0 radical (unpaired) electrons.